The molecule has 0 aliphatic carbocycles. The standard InChI is InChI=1S/C22H31N3O3/c1-2-14-25-19-10-8-7-9-17(19)18-13-15-24(16-20(18)25)22(27)12-6-4-3-5-11-21(26)23-28/h7-10,28H,2-6,11-16H2,1H3,(H,23,26). The van der Waals surface area contributed by atoms with E-state index in [-0.39, 0.29) is 11.8 Å². The van der Waals surface area contributed by atoms with Crippen LogP contribution in [0.3, 0.4) is 0 Å². The molecule has 1 aliphatic heterocycles. The molecular weight excluding hydrogens is 354 g/mol. The first-order valence-electron chi connectivity index (χ1n) is 10.5. The minimum Gasteiger partial charge on any atom is -0.343 e. The molecule has 2 aromatic rings. The Balaban J connectivity index is 1.56. The number of fused-ring (bicyclic) bond motifs is 3. The van der Waals surface area contributed by atoms with Gasteiger partial charge < -0.3 is 9.47 Å². The lowest BCUT2D eigenvalue weighted by Gasteiger charge is -2.29. The summed E-state index contributed by atoms with van der Waals surface area (Å²) in [6.45, 7) is 4.68. The predicted molar refractivity (Wildman–Crippen MR) is 109 cm³/mol. The van der Waals surface area contributed by atoms with Gasteiger partial charge in [0.15, 0.2) is 0 Å². The zero-order chi connectivity index (χ0) is 19.9. The number of aromatic nitrogens is 1. The number of nitrogens with zero attached hydrogens (tertiary/aromatic N) is 2. The second kappa shape index (κ2) is 9.73. The number of hydrogen-bond acceptors (Lipinski definition) is 3. The third-order valence-electron chi connectivity index (χ3n) is 5.64. The second-order valence-electron chi connectivity index (χ2n) is 7.61. The van der Waals surface area contributed by atoms with E-state index in [1.165, 1.54) is 22.2 Å². The van der Waals surface area contributed by atoms with E-state index in [9.17, 15) is 9.59 Å². The monoisotopic (exact) mass is 385 g/mol. The fourth-order valence-corrected chi connectivity index (χ4v) is 4.22. The molecule has 0 unspecified atom stereocenters. The van der Waals surface area contributed by atoms with Gasteiger partial charge in [0.1, 0.15) is 0 Å². The number of benzene rings is 1. The highest BCUT2D eigenvalue weighted by atomic mass is 16.5. The lowest BCUT2D eigenvalue weighted by atomic mass is 10.0. The minimum absolute atomic E-state index is 0.229. The van der Waals surface area contributed by atoms with Gasteiger partial charge in [-0.1, -0.05) is 38.0 Å². The first kappa shape index (κ1) is 20.4. The van der Waals surface area contributed by atoms with Gasteiger partial charge in [0.25, 0.3) is 0 Å². The van der Waals surface area contributed by atoms with Crippen LogP contribution < -0.4 is 5.48 Å². The zero-order valence-electron chi connectivity index (χ0n) is 16.7. The Morgan fingerprint density at radius 2 is 1.86 bits per heavy atom. The maximum absolute atomic E-state index is 12.7. The molecule has 152 valence electrons. The quantitative estimate of drug-likeness (QED) is 0.392. The van der Waals surface area contributed by atoms with Crippen LogP contribution in [0.1, 0.15) is 63.1 Å². The number of rotatable bonds is 9. The summed E-state index contributed by atoms with van der Waals surface area (Å²) in [7, 11) is 0. The van der Waals surface area contributed by atoms with E-state index in [0.717, 1.165) is 51.6 Å². The van der Waals surface area contributed by atoms with Gasteiger partial charge in [-0.25, -0.2) is 5.48 Å². The Morgan fingerprint density at radius 3 is 2.61 bits per heavy atom. The molecule has 6 heteroatoms. The number of hydrogen-bond donors (Lipinski definition) is 2. The highest BCUT2D eigenvalue weighted by molar-refractivity contribution is 5.86. The van der Waals surface area contributed by atoms with Crippen LogP contribution in [0, 0.1) is 0 Å². The van der Waals surface area contributed by atoms with E-state index in [2.05, 4.69) is 35.8 Å². The van der Waals surface area contributed by atoms with Gasteiger partial charge in [-0.15, -0.1) is 0 Å². The van der Waals surface area contributed by atoms with Crippen LogP contribution in [0.4, 0.5) is 0 Å². The van der Waals surface area contributed by atoms with Crippen molar-refractivity contribution in [1.29, 1.82) is 0 Å². The van der Waals surface area contributed by atoms with Crippen molar-refractivity contribution >= 4 is 22.7 Å². The summed E-state index contributed by atoms with van der Waals surface area (Å²) < 4.78 is 2.40. The minimum atomic E-state index is -0.345. The normalized spacial score (nSPS) is 13.6. The number of unbranched alkanes of at least 4 members (excludes halogenated alkanes) is 3. The fraction of sp³-hybridized carbons (Fsp3) is 0.545. The summed E-state index contributed by atoms with van der Waals surface area (Å²) in [5.41, 5.74) is 5.65. The first-order valence-corrected chi connectivity index (χ1v) is 10.5. The molecule has 2 N–H and O–H groups in total. The molecule has 2 heterocycles. The molecule has 28 heavy (non-hydrogen) atoms. The molecule has 1 aromatic carbocycles. The highest BCUT2D eigenvalue weighted by Gasteiger charge is 2.25. The van der Waals surface area contributed by atoms with Gasteiger partial charge in [0, 0.05) is 42.5 Å². The largest absolute Gasteiger partial charge is 0.343 e. The third-order valence-corrected chi connectivity index (χ3v) is 5.64. The molecule has 0 radical (unpaired) electrons. The number of nitrogens with one attached hydrogen (secondary N) is 1. The molecule has 2 amide bonds. The van der Waals surface area contributed by atoms with E-state index in [1.807, 2.05) is 4.90 Å². The molecule has 1 aliphatic rings. The smallest absolute Gasteiger partial charge is 0.243 e. The number of carbonyl (C=O) groups is 2. The Morgan fingerprint density at radius 1 is 1.11 bits per heavy atom. The number of para-hydroxylation sites is 1. The van der Waals surface area contributed by atoms with Crippen LogP contribution in [-0.4, -0.2) is 33.0 Å². The topological polar surface area (TPSA) is 74.6 Å². The summed E-state index contributed by atoms with van der Waals surface area (Å²) in [4.78, 5) is 25.7. The van der Waals surface area contributed by atoms with Crippen LogP contribution >= 0.6 is 0 Å². The third kappa shape index (κ3) is 4.55. The van der Waals surface area contributed by atoms with Crippen LogP contribution in [0.5, 0.6) is 0 Å². The Kier molecular flexibility index (Phi) is 7.09. The lowest BCUT2D eigenvalue weighted by molar-refractivity contribution is -0.132. The number of amides is 2. The van der Waals surface area contributed by atoms with Crippen molar-refractivity contribution in [3.63, 3.8) is 0 Å². The van der Waals surface area contributed by atoms with Crippen molar-refractivity contribution in [1.82, 2.24) is 14.9 Å². The first-order chi connectivity index (χ1) is 13.7. The average molecular weight is 386 g/mol. The summed E-state index contributed by atoms with van der Waals surface area (Å²) in [5, 5.41) is 9.81. The second-order valence-corrected chi connectivity index (χ2v) is 7.61. The SMILES string of the molecule is CCCn1c2c(c3ccccc31)CCN(C(=O)CCCCCCC(=O)NO)C2. The number of hydroxylamine groups is 1. The van der Waals surface area contributed by atoms with Gasteiger partial charge >= 0.3 is 0 Å². The van der Waals surface area contributed by atoms with Gasteiger partial charge in [0.2, 0.25) is 11.8 Å². The Labute approximate surface area is 166 Å². The van der Waals surface area contributed by atoms with Crippen molar-refractivity contribution in [2.45, 2.75) is 71.4 Å². The van der Waals surface area contributed by atoms with Gasteiger partial charge in [-0.3, -0.25) is 14.8 Å². The van der Waals surface area contributed by atoms with Crippen LogP contribution in [-0.2, 0) is 29.1 Å². The molecule has 1 aromatic heterocycles. The molecule has 3 rings (SSSR count). The van der Waals surface area contributed by atoms with Crippen molar-refractivity contribution in [2.24, 2.45) is 0 Å². The van der Waals surface area contributed by atoms with Crippen LogP contribution in [0.15, 0.2) is 24.3 Å². The molecule has 6 nitrogen and oxygen atoms in total. The molecular formula is C22H31N3O3. The zero-order valence-corrected chi connectivity index (χ0v) is 16.7. The lowest BCUT2D eigenvalue weighted by Crippen LogP contribution is -2.36. The van der Waals surface area contributed by atoms with E-state index in [0.29, 0.717) is 19.4 Å². The Bertz CT molecular complexity index is 828. The predicted octanol–water partition coefficient (Wildman–Crippen LogP) is 3.78. The number of carbonyl (C=O) groups excluding carboxylic acids is 2. The summed E-state index contributed by atoms with van der Waals surface area (Å²) in [5.74, 6) is -0.116. The highest BCUT2D eigenvalue weighted by Crippen LogP contribution is 2.31. The maximum atomic E-state index is 12.7. The molecule has 0 bridgehead atoms. The van der Waals surface area contributed by atoms with Crippen molar-refractivity contribution in [3.05, 3.63) is 35.5 Å². The number of aryl methyl sites for hydroxylation is 1. The fourth-order valence-electron chi connectivity index (χ4n) is 4.22. The molecule has 0 saturated carbocycles. The van der Waals surface area contributed by atoms with Gasteiger partial charge in [0.05, 0.1) is 6.54 Å². The summed E-state index contributed by atoms with van der Waals surface area (Å²) >= 11 is 0. The van der Waals surface area contributed by atoms with E-state index < -0.39 is 0 Å². The van der Waals surface area contributed by atoms with Crippen molar-refractivity contribution < 1.29 is 14.8 Å². The maximum Gasteiger partial charge on any atom is 0.243 e. The van der Waals surface area contributed by atoms with Crippen molar-refractivity contribution in [2.75, 3.05) is 6.54 Å². The Hall–Kier alpha value is -2.34. The van der Waals surface area contributed by atoms with Crippen molar-refractivity contribution in [3.8, 4) is 0 Å². The van der Waals surface area contributed by atoms with Crippen LogP contribution in [0.25, 0.3) is 10.9 Å². The van der Waals surface area contributed by atoms with E-state index in [4.69, 9.17) is 5.21 Å². The average Bonchev–Trinajstić information content (AvgIpc) is 3.03. The van der Waals surface area contributed by atoms with E-state index in [1.54, 1.807) is 5.48 Å². The van der Waals surface area contributed by atoms with Gasteiger partial charge in [-0.2, -0.15) is 0 Å². The van der Waals surface area contributed by atoms with Gasteiger partial charge in [-0.05, 0) is 37.3 Å². The molecule has 0 spiro atoms. The molecule has 0 fully saturated rings. The summed E-state index contributed by atoms with van der Waals surface area (Å²) in [6, 6.07) is 8.58. The molecule has 0 atom stereocenters. The van der Waals surface area contributed by atoms with Crippen LogP contribution in [0.2, 0.25) is 0 Å². The molecule has 0 saturated heterocycles. The van der Waals surface area contributed by atoms with E-state index >= 15 is 0 Å². The summed E-state index contributed by atoms with van der Waals surface area (Å²) in [6.07, 6.45) is 6.32.